The molecule has 1 unspecified atom stereocenters. The van der Waals surface area contributed by atoms with Gasteiger partial charge in [-0.1, -0.05) is 18.2 Å². The maximum absolute atomic E-state index is 12.1. The van der Waals surface area contributed by atoms with Gasteiger partial charge in [0.25, 0.3) is 0 Å². The summed E-state index contributed by atoms with van der Waals surface area (Å²) < 4.78 is 29.7. The Morgan fingerprint density at radius 3 is 2.42 bits per heavy atom. The number of rotatable bonds is 7. The first kappa shape index (κ1) is 16.0. The third-order valence-electron chi connectivity index (χ3n) is 3.06. The lowest BCUT2D eigenvalue weighted by Crippen LogP contribution is -2.29. The van der Waals surface area contributed by atoms with Crippen LogP contribution in [0.5, 0.6) is 5.75 Å². The van der Waals surface area contributed by atoms with Crippen molar-refractivity contribution >= 4 is 9.84 Å². The van der Waals surface area contributed by atoms with E-state index < -0.39 is 9.84 Å². The van der Waals surface area contributed by atoms with Crippen LogP contribution in [0.1, 0.15) is 32.4 Å². The number of hydrogen-bond acceptors (Lipinski definition) is 4. The van der Waals surface area contributed by atoms with Gasteiger partial charge in [0.05, 0.1) is 17.6 Å². The van der Waals surface area contributed by atoms with Gasteiger partial charge in [0.2, 0.25) is 0 Å². The van der Waals surface area contributed by atoms with Crippen LogP contribution in [0.3, 0.4) is 0 Å². The smallest absolute Gasteiger partial charge is 0.154 e. The molecule has 1 rings (SSSR count). The van der Waals surface area contributed by atoms with Gasteiger partial charge >= 0.3 is 0 Å². The quantitative estimate of drug-likeness (QED) is 0.834. The molecule has 0 aliphatic rings. The Morgan fingerprint density at radius 1 is 1.26 bits per heavy atom. The maximum atomic E-state index is 12.1. The third-order valence-corrected chi connectivity index (χ3v) is 5.29. The van der Waals surface area contributed by atoms with Crippen LogP contribution in [0.15, 0.2) is 24.3 Å². The van der Waals surface area contributed by atoms with Crippen LogP contribution >= 0.6 is 0 Å². The summed E-state index contributed by atoms with van der Waals surface area (Å²) >= 11 is 0. The Morgan fingerprint density at radius 2 is 1.89 bits per heavy atom. The van der Waals surface area contributed by atoms with E-state index in [0.717, 1.165) is 11.3 Å². The normalized spacial score (nSPS) is 13.5. The zero-order valence-corrected chi connectivity index (χ0v) is 12.8. The standard InChI is InChI=1S/C14H23NO3S/c1-5-18-14-9-7-6-8-12(14)13(15-4)10-19(16,17)11(2)3/h6-9,11,13,15H,5,10H2,1-4H3. The minimum Gasteiger partial charge on any atom is -0.494 e. The number of hydrogen-bond donors (Lipinski definition) is 1. The lowest BCUT2D eigenvalue weighted by molar-refractivity contribution is 0.333. The first-order chi connectivity index (χ1) is 8.92. The van der Waals surface area contributed by atoms with E-state index >= 15 is 0 Å². The fraction of sp³-hybridized carbons (Fsp3) is 0.571. The topological polar surface area (TPSA) is 55.4 Å². The molecule has 0 heterocycles. The zero-order chi connectivity index (χ0) is 14.5. The molecule has 0 aliphatic heterocycles. The number of nitrogens with one attached hydrogen (secondary N) is 1. The van der Waals surface area contributed by atoms with Crippen LogP contribution in [0.25, 0.3) is 0 Å². The summed E-state index contributed by atoms with van der Waals surface area (Å²) in [7, 11) is -1.34. The van der Waals surface area contributed by atoms with E-state index in [1.54, 1.807) is 20.9 Å². The van der Waals surface area contributed by atoms with Crippen molar-refractivity contribution in [3.05, 3.63) is 29.8 Å². The molecule has 1 atom stereocenters. The molecule has 5 heteroatoms. The minimum absolute atomic E-state index is 0.0747. The predicted molar refractivity (Wildman–Crippen MR) is 78.3 cm³/mol. The molecular weight excluding hydrogens is 262 g/mol. The van der Waals surface area contributed by atoms with E-state index in [9.17, 15) is 8.42 Å². The van der Waals surface area contributed by atoms with Crippen LogP contribution in [0.4, 0.5) is 0 Å². The van der Waals surface area contributed by atoms with Crippen LogP contribution in [0.2, 0.25) is 0 Å². The summed E-state index contributed by atoms with van der Waals surface area (Å²) in [4.78, 5) is 0. The Balaban J connectivity index is 3.04. The Bertz CT molecular complexity index is 497. The molecule has 0 spiro atoms. The lowest BCUT2D eigenvalue weighted by Gasteiger charge is -2.21. The molecule has 0 aromatic heterocycles. The Labute approximate surface area is 116 Å². The first-order valence-electron chi connectivity index (χ1n) is 6.53. The Kier molecular flexibility index (Phi) is 5.82. The van der Waals surface area contributed by atoms with Crippen molar-refractivity contribution in [1.29, 1.82) is 0 Å². The molecule has 108 valence electrons. The zero-order valence-electron chi connectivity index (χ0n) is 12.0. The number of benzene rings is 1. The second-order valence-corrected chi connectivity index (χ2v) is 7.29. The van der Waals surface area contributed by atoms with Gasteiger partial charge in [-0.05, 0) is 33.9 Å². The number of sulfone groups is 1. The summed E-state index contributed by atoms with van der Waals surface area (Å²) in [5.74, 6) is 0.814. The molecule has 1 aromatic rings. The Hall–Kier alpha value is -1.07. The lowest BCUT2D eigenvalue weighted by atomic mass is 10.1. The van der Waals surface area contributed by atoms with Gasteiger partial charge in [0, 0.05) is 11.6 Å². The van der Waals surface area contributed by atoms with Crippen molar-refractivity contribution in [2.24, 2.45) is 0 Å². The molecule has 0 radical (unpaired) electrons. The molecule has 19 heavy (non-hydrogen) atoms. The van der Waals surface area contributed by atoms with E-state index in [2.05, 4.69) is 5.32 Å². The van der Waals surface area contributed by atoms with E-state index in [-0.39, 0.29) is 17.0 Å². The summed E-state index contributed by atoms with van der Waals surface area (Å²) in [5, 5.41) is 2.70. The van der Waals surface area contributed by atoms with E-state index in [4.69, 9.17) is 4.74 Å². The van der Waals surface area contributed by atoms with Gasteiger partial charge in [-0.15, -0.1) is 0 Å². The fourth-order valence-corrected chi connectivity index (χ4v) is 3.00. The molecule has 0 saturated heterocycles. The summed E-state index contributed by atoms with van der Waals surface area (Å²) in [6.45, 7) is 5.88. The van der Waals surface area contributed by atoms with Gasteiger partial charge < -0.3 is 10.1 Å². The van der Waals surface area contributed by atoms with Gasteiger partial charge in [-0.25, -0.2) is 8.42 Å². The molecule has 0 aliphatic carbocycles. The fourth-order valence-electron chi connectivity index (χ4n) is 1.81. The summed E-state index contributed by atoms with van der Waals surface area (Å²) in [5.41, 5.74) is 0.885. The summed E-state index contributed by atoms with van der Waals surface area (Å²) in [6.07, 6.45) is 0. The van der Waals surface area contributed by atoms with Crippen molar-refractivity contribution in [1.82, 2.24) is 5.32 Å². The van der Waals surface area contributed by atoms with Crippen LogP contribution in [0, 0.1) is 0 Å². The van der Waals surface area contributed by atoms with Crippen molar-refractivity contribution in [3.8, 4) is 5.75 Å². The largest absolute Gasteiger partial charge is 0.494 e. The van der Waals surface area contributed by atoms with E-state index in [0.29, 0.717) is 6.61 Å². The number of para-hydroxylation sites is 1. The molecule has 0 amide bonds. The first-order valence-corrected chi connectivity index (χ1v) is 8.24. The van der Waals surface area contributed by atoms with Crippen LogP contribution in [-0.2, 0) is 9.84 Å². The van der Waals surface area contributed by atoms with Gasteiger partial charge in [0.1, 0.15) is 5.75 Å². The average molecular weight is 285 g/mol. The SMILES string of the molecule is CCOc1ccccc1C(CS(=O)(=O)C(C)C)NC. The molecular formula is C14H23NO3S. The second-order valence-electron chi connectivity index (χ2n) is 4.69. The third kappa shape index (κ3) is 4.21. The highest BCUT2D eigenvalue weighted by Gasteiger charge is 2.24. The molecule has 1 aromatic carbocycles. The highest BCUT2D eigenvalue weighted by Crippen LogP contribution is 2.26. The minimum atomic E-state index is -3.11. The monoisotopic (exact) mass is 285 g/mol. The molecule has 0 saturated carbocycles. The maximum Gasteiger partial charge on any atom is 0.154 e. The van der Waals surface area contributed by atoms with Crippen molar-refractivity contribution < 1.29 is 13.2 Å². The summed E-state index contributed by atoms with van der Waals surface area (Å²) in [6, 6.07) is 7.30. The number of ether oxygens (including phenoxy) is 1. The molecule has 0 bridgehead atoms. The van der Waals surface area contributed by atoms with Gasteiger partial charge in [-0.3, -0.25) is 0 Å². The van der Waals surface area contributed by atoms with Gasteiger partial charge in [0.15, 0.2) is 9.84 Å². The van der Waals surface area contributed by atoms with E-state index in [1.165, 1.54) is 0 Å². The van der Waals surface area contributed by atoms with Crippen molar-refractivity contribution in [2.45, 2.75) is 32.1 Å². The molecule has 1 N–H and O–H groups in total. The predicted octanol–water partition coefficient (Wildman–Crippen LogP) is 2.17. The highest BCUT2D eigenvalue weighted by molar-refractivity contribution is 7.92. The van der Waals surface area contributed by atoms with Crippen LogP contribution in [-0.4, -0.2) is 33.1 Å². The molecule has 4 nitrogen and oxygen atoms in total. The highest BCUT2D eigenvalue weighted by atomic mass is 32.2. The van der Waals surface area contributed by atoms with Crippen molar-refractivity contribution in [2.75, 3.05) is 19.4 Å². The average Bonchev–Trinajstić information content (AvgIpc) is 2.37. The molecule has 0 fully saturated rings. The van der Waals surface area contributed by atoms with Crippen molar-refractivity contribution in [3.63, 3.8) is 0 Å². The van der Waals surface area contributed by atoms with E-state index in [1.807, 2.05) is 31.2 Å². The van der Waals surface area contributed by atoms with Crippen LogP contribution < -0.4 is 10.1 Å². The second kappa shape index (κ2) is 6.91. The van der Waals surface area contributed by atoms with Gasteiger partial charge in [-0.2, -0.15) is 0 Å².